The quantitative estimate of drug-likeness (QED) is 0.768. The zero-order valence-electron chi connectivity index (χ0n) is 12.9. The smallest absolute Gasteiger partial charge is 0.271 e. The Morgan fingerprint density at radius 2 is 1.75 bits per heavy atom. The third-order valence-electron chi connectivity index (χ3n) is 3.11. The Bertz CT molecular complexity index is 736. The van der Waals surface area contributed by atoms with E-state index in [-0.39, 0.29) is 22.2 Å². The van der Waals surface area contributed by atoms with Gasteiger partial charge in [0.05, 0.1) is 16.3 Å². The number of halogens is 2. The van der Waals surface area contributed by atoms with Crippen molar-refractivity contribution in [2.45, 2.75) is 12.7 Å². The normalized spacial score (nSPS) is 10.3. The molecule has 0 saturated carbocycles. The zero-order chi connectivity index (χ0) is 17.5. The summed E-state index contributed by atoms with van der Waals surface area (Å²) in [5.74, 6) is 0.150. The van der Waals surface area contributed by atoms with Crippen LogP contribution in [0, 0.1) is 6.92 Å². The number of hydrogen-bond acceptors (Lipinski definition) is 3. The van der Waals surface area contributed by atoms with Gasteiger partial charge >= 0.3 is 0 Å². The Morgan fingerprint density at radius 3 is 2.46 bits per heavy atom. The van der Waals surface area contributed by atoms with Crippen molar-refractivity contribution in [2.75, 3.05) is 5.75 Å². The van der Waals surface area contributed by atoms with Gasteiger partial charge in [0, 0.05) is 10.8 Å². The second-order valence-electron chi connectivity index (χ2n) is 5.10. The van der Waals surface area contributed by atoms with Crippen LogP contribution in [0.1, 0.15) is 21.5 Å². The van der Waals surface area contributed by atoms with Crippen molar-refractivity contribution < 1.29 is 9.59 Å². The van der Waals surface area contributed by atoms with Crippen LogP contribution in [0.3, 0.4) is 0 Å². The minimum atomic E-state index is -0.514. The van der Waals surface area contributed by atoms with Crippen LogP contribution in [0.4, 0.5) is 0 Å². The lowest BCUT2D eigenvalue weighted by atomic mass is 10.2. The summed E-state index contributed by atoms with van der Waals surface area (Å²) in [5, 5.41) is 0.657. The predicted molar refractivity (Wildman–Crippen MR) is 99.4 cm³/mol. The second-order valence-corrected chi connectivity index (χ2v) is 6.93. The van der Waals surface area contributed by atoms with Crippen molar-refractivity contribution in [3.8, 4) is 0 Å². The van der Waals surface area contributed by atoms with Crippen LogP contribution in [0.15, 0.2) is 42.5 Å². The van der Waals surface area contributed by atoms with Gasteiger partial charge in [0.1, 0.15) is 0 Å². The first-order valence-electron chi connectivity index (χ1n) is 7.13. The maximum absolute atomic E-state index is 12.0. The molecule has 0 saturated heterocycles. The molecule has 0 heterocycles. The molecule has 0 aliphatic carbocycles. The molecule has 2 aromatic rings. The third-order valence-corrected chi connectivity index (χ3v) is 4.68. The highest BCUT2D eigenvalue weighted by Crippen LogP contribution is 2.20. The van der Waals surface area contributed by atoms with E-state index in [1.54, 1.807) is 6.07 Å². The van der Waals surface area contributed by atoms with Crippen LogP contribution in [0.2, 0.25) is 10.0 Å². The number of hydrazine groups is 1. The van der Waals surface area contributed by atoms with Crippen molar-refractivity contribution in [1.82, 2.24) is 10.9 Å². The SMILES string of the molecule is Cc1ccc(CSCC(=O)NNC(=O)c2cc(Cl)ccc2Cl)cc1. The van der Waals surface area contributed by atoms with Crippen LogP contribution < -0.4 is 10.9 Å². The van der Waals surface area contributed by atoms with Crippen LogP contribution >= 0.6 is 35.0 Å². The monoisotopic (exact) mass is 382 g/mol. The van der Waals surface area contributed by atoms with Gasteiger partial charge in [-0.15, -0.1) is 11.8 Å². The van der Waals surface area contributed by atoms with Gasteiger partial charge in [0.25, 0.3) is 5.91 Å². The van der Waals surface area contributed by atoms with Gasteiger partial charge in [-0.05, 0) is 30.7 Å². The van der Waals surface area contributed by atoms with E-state index in [1.165, 1.54) is 29.5 Å². The van der Waals surface area contributed by atoms with Crippen molar-refractivity contribution in [3.63, 3.8) is 0 Å². The molecule has 126 valence electrons. The number of benzene rings is 2. The molecule has 2 aromatic carbocycles. The van der Waals surface area contributed by atoms with Gasteiger partial charge < -0.3 is 0 Å². The standard InChI is InChI=1S/C17H16Cl2N2O2S/c1-11-2-4-12(5-3-11)9-24-10-16(22)20-21-17(23)14-8-13(18)6-7-15(14)19/h2-8H,9-10H2,1H3,(H,20,22)(H,21,23). The molecule has 0 bridgehead atoms. The van der Waals surface area contributed by atoms with Gasteiger partial charge in [-0.1, -0.05) is 53.0 Å². The lowest BCUT2D eigenvalue weighted by Gasteiger charge is -2.09. The van der Waals surface area contributed by atoms with E-state index >= 15 is 0 Å². The third kappa shape index (κ3) is 5.74. The summed E-state index contributed by atoms with van der Waals surface area (Å²) in [5.41, 5.74) is 7.24. The van der Waals surface area contributed by atoms with E-state index in [9.17, 15) is 9.59 Å². The lowest BCUT2D eigenvalue weighted by molar-refractivity contribution is -0.119. The highest BCUT2D eigenvalue weighted by Gasteiger charge is 2.12. The first-order chi connectivity index (χ1) is 11.5. The van der Waals surface area contributed by atoms with E-state index in [4.69, 9.17) is 23.2 Å². The van der Waals surface area contributed by atoms with E-state index in [2.05, 4.69) is 10.9 Å². The van der Waals surface area contributed by atoms with E-state index in [1.807, 2.05) is 31.2 Å². The number of aryl methyl sites for hydroxylation is 1. The molecule has 0 aromatic heterocycles. The molecular formula is C17H16Cl2N2O2S. The molecule has 7 heteroatoms. The van der Waals surface area contributed by atoms with E-state index in [0.717, 1.165) is 11.3 Å². The summed E-state index contributed by atoms with van der Waals surface area (Å²) < 4.78 is 0. The topological polar surface area (TPSA) is 58.2 Å². The van der Waals surface area contributed by atoms with Gasteiger partial charge in [-0.25, -0.2) is 0 Å². The number of hydrogen-bond donors (Lipinski definition) is 2. The average molecular weight is 383 g/mol. The zero-order valence-corrected chi connectivity index (χ0v) is 15.3. The first-order valence-corrected chi connectivity index (χ1v) is 9.04. The maximum atomic E-state index is 12.0. The fraction of sp³-hybridized carbons (Fsp3) is 0.176. The van der Waals surface area contributed by atoms with Gasteiger partial charge in [0.15, 0.2) is 0 Å². The van der Waals surface area contributed by atoms with Crippen LogP contribution in [-0.2, 0) is 10.5 Å². The molecule has 0 fully saturated rings. The van der Waals surface area contributed by atoms with Crippen LogP contribution in [-0.4, -0.2) is 17.6 Å². The fourth-order valence-corrected chi connectivity index (χ4v) is 3.01. The minimum absolute atomic E-state index is 0.205. The Labute approximate surface area is 154 Å². The molecule has 0 radical (unpaired) electrons. The molecule has 0 aliphatic rings. The molecule has 2 N–H and O–H groups in total. The molecule has 2 amide bonds. The van der Waals surface area contributed by atoms with Crippen molar-refractivity contribution in [2.24, 2.45) is 0 Å². The number of thioether (sulfide) groups is 1. The molecule has 24 heavy (non-hydrogen) atoms. The summed E-state index contributed by atoms with van der Waals surface area (Å²) in [6.45, 7) is 2.03. The summed E-state index contributed by atoms with van der Waals surface area (Å²) in [7, 11) is 0. The first kappa shape index (κ1) is 18.6. The van der Waals surface area contributed by atoms with E-state index < -0.39 is 5.91 Å². The minimum Gasteiger partial charge on any atom is -0.272 e. The van der Waals surface area contributed by atoms with Gasteiger partial charge in [-0.3, -0.25) is 20.4 Å². The Hall–Kier alpha value is -1.69. The number of carbonyl (C=O) groups is 2. The summed E-state index contributed by atoms with van der Waals surface area (Å²) in [6.07, 6.45) is 0. The molecule has 0 spiro atoms. The highest BCUT2D eigenvalue weighted by atomic mass is 35.5. The maximum Gasteiger partial charge on any atom is 0.271 e. The van der Waals surface area contributed by atoms with Crippen molar-refractivity contribution >= 4 is 46.8 Å². The van der Waals surface area contributed by atoms with Crippen LogP contribution in [0.5, 0.6) is 0 Å². The average Bonchev–Trinajstić information content (AvgIpc) is 2.56. The molecular weight excluding hydrogens is 367 g/mol. The number of nitrogens with one attached hydrogen (secondary N) is 2. The van der Waals surface area contributed by atoms with Gasteiger partial charge in [0.2, 0.25) is 5.91 Å². The summed E-state index contributed by atoms with van der Waals surface area (Å²) in [4.78, 5) is 23.7. The van der Waals surface area contributed by atoms with Crippen molar-refractivity contribution in [3.05, 3.63) is 69.2 Å². The molecule has 4 nitrogen and oxygen atoms in total. The van der Waals surface area contributed by atoms with Crippen molar-refractivity contribution in [1.29, 1.82) is 0 Å². The molecule has 0 aliphatic heterocycles. The largest absolute Gasteiger partial charge is 0.272 e. The van der Waals surface area contributed by atoms with Gasteiger partial charge in [-0.2, -0.15) is 0 Å². The Morgan fingerprint density at radius 1 is 1.04 bits per heavy atom. The highest BCUT2D eigenvalue weighted by molar-refractivity contribution is 7.99. The number of carbonyl (C=O) groups excluding carboxylic acids is 2. The lowest BCUT2D eigenvalue weighted by Crippen LogP contribution is -2.42. The number of amides is 2. The number of rotatable bonds is 5. The van der Waals surface area contributed by atoms with E-state index in [0.29, 0.717) is 5.02 Å². The molecule has 2 rings (SSSR count). The Kier molecular flexibility index (Phi) is 6.97. The molecule has 0 atom stereocenters. The second kappa shape index (κ2) is 8.97. The molecule has 0 unspecified atom stereocenters. The fourth-order valence-electron chi connectivity index (χ4n) is 1.85. The summed E-state index contributed by atoms with van der Waals surface area (Å²) in [6, 6.07) is 12.7. The predicted octanol–water partition coefficient (Wildman–Crippen LogP) is 4.00. The van der Waals surface area contributed by atoms with Crippen LogP contribution in [0.25, 0.3) is 0 Å². The summed E-state index contributed by atoms with van der Waals surface area (Å²) >= 11 is 13.2. The Balaban J connectivity index is 1.75.